The van der Waals surface area contributed by atoms with E-state index >= 15 is 0 Å². The summed E-state index contributed by atoms with van der Waals surface area (Å²) in [6.45, 7) is -0.0200. The van der Waals surface area contributed by atoms with E-state index in [1.165, 1.54) is 12.1 Å². The molecule has 5 aromatic rings. The number of nitrogens with zero attached hydrogens (tertiary/aromatic N) is 2. The Morgan fingerprint density at radius 1 is 0.978 bits per heavy atom. The molecule has 46 heavy (non-hydrogen) atoms. The number of aliphatic carboxylic acids is 1. The van der Waals surface area contributed by atoms with Gasteiger partial charge in [-0.25, -0.2) is 0 Å². The van der Waals surface area contributed by atoms with Crippen molar-refractivity contribution < 1.29 is 33.6 Å². The third-order valence-electron chi connectivity index (χ3n) is 8.89. The third-order valence-corrected chi connectivity index (χ3v) is 8.89. The molecule has 0 bridgehead atoms. The van der Waals surface area contributed by atoms with Gasteiger partial charge >= 0.3 is 5.97 Å². The quantitative estimate of drug-likeness (QED) is 0.114. The Balaban J connectivity index is 1.25. The fourth-order valence-electron chi connectivity index (χ4n) is 6.73. The number of carboxylic acid groups (broad SMARTS) is 1. The number of likely N-dealkylation sites (tertiary alicyclic amines) is 1. The van der Waals surface area contributed by atoms with Crippen molar-refractivity contribution in [1.29, 1.82) is 0 Å². The molecule has 3 N–H and O–H groups in total. The minimum absolute atomic E-state index is 0.0343. The summed E-state index contributed by atoms with van der Waals surface area (Å²) in [4.78, 5) is 56.3. The molecular formula is C34H28N4O8. The number of ether oxygens (including phenoxy) is 1. The SMILES string of the molecule is O=C1C2C(c3ccc(-c4ccc([N+](=O)[O-])cc4)o3)NC(Cc3c[nH]c4ccccc34)(C(=O)O)C2C(=O)N1CCOc1ccccc1. The van der Waals surface area contributed by atoms with Gasteiger partial charge in [0.05, 0.1) is 29.3 Å². The number of nitro groups is 1. The number of benzene rings is 3. The van der Waals surface area contributed by atoms with Gasteiger partial charge in [0.2, 0.25) is 11.8 Å². The van der Waals surface area contributed by atoms with Crippen molar-refractivity contribution in [3.8, 4) is 17.1 Å². The number of para-hydroxylation sites is 2. The van der Waals surface area contributed by atoms with E-state index < -0.39 is 46.1 Å². The van der Waals surface area contributed by atoms with Crippen molar-refractivity contribution in [1.82, 2.24) is 15.2 Å². The van der Waals surface area contributed by atoms with Crippen LogP contribution in [0.4, 0.5) is 5.69 Å². The van der Waals surface area contributed by atoms with E-state index in [0.717, 1.165) is 15.8 Å². The van der Waals surface area contributed by atoms with Crippen LogP contribution in [0.3, 0.4) is 0 Å². The van der Waals surface area contributed by atoms with Gasteiger partial charge in [0.15, 0.2) is 0 Å². The number of aromatic amines is 1. The second-order valence-corrected chi connectivity index (χ2v) is 11.4. The molecule has 4 unspecified atom stereocenters. The predicted molar refractivity (Wildman–Crippen MR) is 165 cm³/mol. The number of amides is 2. The summed E-state index contributed by atoms with van der Waals surface area (Å²) in [6, 6.07) is 24.6. The average molecular weight is 621 g/mol. The van der Waals surface area contributed by atoms with Crippen LogP contribution in [0.25, 0.3) is 22.2 Å². The molecule has 4 atom stereocenters. The maximum Gasteiger partial charge on any atom is 0.325 e. The first-order valence-corrected chi connectivity index (χ1v) is 14.7. The van der Waals surface area contributed by atoms with Gasteiger partial charge in [-0.15, -0.1) is 0 Å². The average Bonchev–Trinajstić information content (AvgIpc) is 3.84. The number of fused-ring (bicyclic) bond motifs is 2. The van der Waals surface area contributed by atoms with Crippen LogP contribution in [0.1, 0.15) is 17.4 Å². The molecule has 0 radical (unpaired) electrons. The number of furan rings is 1. The third kappa shape index (κ3) is 4.79. The molecule has 0 aliphatic carbocycles. The first-order valence-electron chi connectivity index (χ1n) is 14.7. The molecule has 12 heteroatoms. The number of hydrogen-bond acceptors (Lipinski definition) is 8. The van der Waals surface area contributed by atoms with Crippen LogP contribution < -0.4 is 10.1 Å². The lowest BCUT2D eigenvalue weighted by Gasteiger charge is -2.31. The van der Waals surface area contributed by atoms with Gasteiger partial charge in [-0.1, -0.05) is 36.4 Å². The molecule has 2 aliphatic rings. The second-order valence-electron chi connectivity index (χ2n) is 11.4. The summed E-state index contributed by atoms with van der Waals surface area (Å²) in [6.07, 6.45) is 1.65. The van der Waals surface area contributed by atoms with Crippen molar-refractivity contribution >= 4 is 34.4 Å². The van der Waals surface area contributed by atoms with Crippen LogP contribution in [0.5, 0.6) is 5.75 Å². The highest BCUT2D eigenvalue weighted by Crippen LogP contribution is 2.51. The van der Waals surface area contributed by atoms with Crippen LogP contribution in [0.2, 0.25) is 0 Å². The van der Waals surface area contributed by atoms with Crippen molar-refractivity contribution in [2.45, 2.75) is 18.0 Å². The summed E-state index contributed by atoms with van der Waals surface area (Å²) in [5.74, 6) is -3.45. The summed E-state index contributed by atoms with van der Waals surface area (Å²) >= 11 is 0. The molecule has 2 aromatic heterocycles. The Morgan fingerprint density at radius 3 is 2.46 bits per heavy atom. The van der Waals surface area contributed by atoms with E-state index in [1.54, 1.807) is 42.6 Å². The molecule has 232 valence electrons. The van der Waals surface area contributed by atoms with Crippen LogP contribution in [-0.4, -0.2) is 56.4 Å². The first kappa shape index (κ1) is 29.0. The minimum Gasteiger partial charge on any atom is -0.492 e. The number of nitrogens with one attached hydrogen (secondary N) is 2. The van der Waals surface area contributed by atoms with E-state index in [0.29, 0.717) is 22.6 Å². The van der Waals surface area contributed by atoms with Gasteiger partial charge in [0, 0.05) is 41.2 Å². The topological polar surface area (TPSA) is 168 Å². The predicted octanol–water partition coefficient (Wildman–Crippen LogP) is 4.73. The maximum atomic E-state index is 14.1. The Kier molecular flexibility index (Phi) is 7.13. The minimum atomic E-state index is -1.84. The number of H-pyrrole nitrogens is 1. The van der Waals surface area contributed by atoms with Gasteiger partial charge in [-0.05, 0) is 48.0 Å². The number of aromatic nitrogens is 1. The molecule has 4 heterocycles. The lowest BCUT2D eigenvalue weighted by atomic mass is 9.76. The van der Waals surface area contributed by atoms with Crippen molar-refractivity contribution in [3.63, 3.8) is 0 Å². The van der Waals surface area contributed by atoms with E-state index in [1.807, 2.05) is 42.5 Å². The molecule has 3 aromatic carbocycles. The van der Waals surface area contributed by atoms with Crippen LogP contribution in [-0.2, 0) is 20.8 Å². The summed E-state index contributed by atoms with van der Waals surface area (Å²) < 4.78 is 11.9. The molecule has 2 aliphatic heterocycles. The Hall–Kier alpha value is -5.75. The fraction of sp³-hybridized carbons (Fsp3) is 0.206. The zero-order chi connectivity index (χ0) is 32.0. The number of carboxylic acids is 1. The molecule has 2 fully saturated rings. The zero-order valence-electron chi connectivity index (χ0n) is 24.3. The highest BCUT2D eigenvalue weighted by molar-refractivity contribution is 6.09. The summed E-state index contributed by atoms with van der Waals surface area (Å²) in [5, 5.41) is 26.0. The molecule has 2 saturated heterocycles. The van der Waals surface area contributed by atoms with Gasteiger partial charge in [-0.2, -0.15) is 0 Å². The van der Waals surface area contributed by atoms with Gasteiger partial charge < -0.3 is 19.2 Å². The molecular weight excluding hydrogens is 592 g/mol. The Labute approximate surface area is 261 Å². The maximum absolute atomic E-state index is 14.1. The lowest BCUT2D eigenvalue weighted by Crippen LogP contribution is -2.57. The van der Waals surface area contributed by atoms with Gasteiger partial charge in [-0.3, -0.25) is 34.7 Å². The Bertz CT molecular complexity index is 1970. The molecule has 2 amide bonds. The highest BCUT2D eigenvalue weighted by Gasteiger charge is 2.69. The largest absolute Gasteiger partial charge is 0.492 e. The standard InChI is InChI=1S/C34H28N4O8/c39-31-28-29(32(40)37(31)16-17-45-23-6-2-1-3-7-23)34(33(41)42,18-21-19-35-25-9-5-4-8-24(21)25)36-30(28)27-15-14-26(46-27)20-10-12-22(13-11-20)38(43)44/h1-15,19,28-30,35-36H,16-18H2,(H,41,42). The summed E-state index contributed by atoms with van der Waals surface area (Å²) in [5.41, 5.74) is 0.134. The van der Waals surface area contributed by atoms with Gasteiger partial charge in [0.1, 0.15) is 29.4 Å². The van der Waals surface area contributed by atoms with Crippen LogP contribution in [0.15, 0.2) is 102 Å². The number of imide groups is 1. The van der Waals surface area contributed by atoms with E-state index in [9.17, 15) is 29.6 Å². The van der Waals surface area contributed by atoms with Crippen molar-refractivity contribution in [3.05, 3.63) is 119 Å². The van der Waals surface area contributed by atoms with E-state index in [2.05, 4.69) is 10.3 Å². The number of hydrogen-bond donors (Lipinski definition) is 3. The van der Waals surface area contributed by atoms with Crippen molar-refractivity contribution in [2.24, 2.45) is 11.8 Å². The monoisotopic (exact) mass is 620 g/mol. The van der Waals surface area contributed by atoms with Crippen LogP contribution >= 0.6 is 0 Å². The van der Waals surface area contributed by atoms with Crippen molar-refractivity contribution in [2.75, 3.05) is 13.2 Å². The molecule has 0 spiro atoms. The van der Waals surface area contributed by atoms with E-state index in [4.69, 9.17) is 9.15 Å². The number of rotatable bonds is 10. The number of carbonyl (C=O) groups is 3. The molecule has 0 saturated carbocycles. The smallest absolute Gasteiger partial charge is 0.325 e. The first-order chi connectivity index (χ1) is 22.3. The zero-order valence-corrected chi connectivity index (χ0v) is 24.3. The highest BCUT2D eigenvalue weighted by atomic mass is 16.6. The normalized spacial score (nSPS) is 22.3. The van der Waals surface area contributed by atoms with Gasteiger partial charge in [0.25, 0.3) is 5.69 Å². The number of carbonyl (C=O) groups excluding carboxylic acids is 2. The molecule has 7 rings (SSSR count). The fourth-order valence-corrected chi connectivity index (χ4v) is 6.73. The number of non-ortho nitro benzene ring substituents is 1. The number of nitro benzene ring substituents is 1. The summed E-state index contributed by atoms with van der Waals surface area (Å²) in [7, 11) is 0. The molecule has 12 nitrogen and oxygen atoms in total. The lowest BCUT2D eigenvalue weighted by molar-refractivity contribution is -0.384. The van der Waals surface area contributed by atoms with E-state index in [-0.39, 0.29) is 31.0 Å². The van der Waals surface area contributed by atoms with Crippen LogP contribution in [0, 0.1) is 22.0 Å². The second kappa shape index (κ2) is 11.3. The Morgan fingerprint density at radius 2 is 1.72 bits per heavy atom.